The fourth-order valence-electron chi connectivity index (χ4n) is 1.75. The summed E-state index contributed by atoms with van der Waals surface area (Å²) in [7, 11) is 0. The van der Waals surface area contributed by atoms with Gasteiger partial charge in [0.1, 0.15) is 0 Å². The number of nitrogens with two attached hydrogens (primary N) is 1. The van der Waals surface area contributed by atoms with Crippen molar-refractivity contribution in [2.75, 3.05) is 17.7 Å². The number of halogens is 1. The molecule has 0 saturated heterocycles. The first-order chi connectivity index (χ1) is 9.60. The predicted molar refractivity (Wildman–Crippen MR) is 81.5 cm³/mol. The zero-order chi connectivity index (χ0) is 14.5. The van der Waals surface area contributed by atoms with Gasteiger partial charge in [-0.15, -0.1) is 0 Å². The average molecular weight is 291 g/mol. The molecule has 0 amide bonds. The SMILES string of the molecule is CCOC(=O)c1cc(Nc2cccc(Cl)c2)ccc1N. The Morgan fingerprint density at radius 2 is 2.00 bits per heavy atom. The highest BCUT2D eigenvalue weighted by Crippen LogP contribution is 2.23. The molecule has 4 nitrogen and oxygen atoms in total. The van der Waals surface area contributed by atoms with Gasteiger partial charge in [0.25, 0.3) is 0 Å². The molecule has 0 aliphatic carbocycles. The van der Waals surface area contributed by atoms with Gasteiger partial charge in [0.05, 0.1) is 12.2 Å². The number of esters is 1. The molecule has 0 aliphatic rings. The Morgan fingerprint density at radius 1 is 1.25 bits per heavy atom. The van der Waals surface area contributed by atoms with Crippen molar-refractivity contribution in [2.45, 2.75) is 6.92 Å². The van der Waals surface area contributed by atoms with Gasteiger partial charge in [-0.05, 0) is 43.3 Å². The summed E-state index contributed by atoms with van der Waals surface area (Å²) < 4.78 is 4.97. The first kappa shape index (κ1) is 14.2. The normalized spacial score (nSPS) is 10.1. The van der Waals surface area contributed by atoms with Crippen molar-refractivity contribution in [1.82, 2.24) is 0 Å². The highest BCUT2D eigenvalue weighted by atomic mass is 35.5. The summed E-state index contributed by atoms with van der Waals surface area (Å²) in [4.78, 5) is 11.8. The Labute approximate surface area is 122 Å². The number of rotatable bonds is 4. The van der Waals surface area contributed by atoms with E-state index in [4.69, 9.17) is 22.1 Å². The summed E-state index contributed by atoms with van der Waals surface area (Å²) in [5.41, 5.74) is 8.09. The van der Waals surface area contributed by atoms with E-state index < -0.39 is 5.97 Å². The number of ether oxygens (including phenoxy) is 1. The zero-order valence-electron chi connectivity index (χ0n) is 11.0. The molecule has 104 valence electrons. The van der Waals surface area contributed by atoms with Gasteiger partial charge < -0.3 is 15.8 Å². The van der Waals surface area contributed by atoms with Gasteiger partial charge in [-0.25, -0.2) is 4.79 Å². The first-order valence-corrected chi connectivity index (χ1v) is 6.57. The summed E-state index contributed by atoms with van der Waals surface area (Å²) in [6.45, 7) is 2.06. The van der Waals surface area contributed by atoms with Crippen LogP contribution >= 0.6 is 11.6 Å². The van der Waals surface area contributed by atoms with Crippen LogP contribution in [0.15, 0.2) is 42.5 Å². The number of nitrogens with one attached hydrogen (secondary N) is 1. The van der Waals surface area contributed by atoms with Crippen LogP contribution in [-0.4, -0.2) is 12.6 Å². The molecule has 2 aromatic rings. The molecule has 0 spiro atoms. The van der Waals surface area contributed by atoms with Crippen LogP contribution in [0.4, 0.5) is 17.1 Å². The van der Waals surface area contributed by atoms with Crippen molar-refractivity contribution in [3.8, 4) is 0 Å². The van der Waals surface area contributed by atoms with Crippen LogP contribution in [0.5, 0.6) is 0 Å². The lowest BCUT2D eigenvalue weighted by molar-refractivity contribution is 0.0527. The number of carbonyl (C=O) groups excluding carboxylic acids is 1. The Balaban J connectivity index is 2.25. The van der Waals surface area contributed by atoms with Gasteiger partial charge in [-0.1, -0.05) is 17.7 Å². The molecule has 3 N–H and O–H groups in total. The van der Waals surface area contributed by atoms with Crippen LogP contribution in [0.1, 0.15) is 17.3 Å². The van der Waals surface area contributed by atoms with E-state index in [1.54, 1.807) is 37.3 Å². The van der Waals surface area contributed by atoms with Crippen LogP contribution in [0.3, 0.4) is 0 Å². The second-order valence-electron chi connectivity index (χ2n) is 4.16. The quantitative estimate of drug-likeness (QED) is 0.663. The molecule has 0 radical (unpaired) electrons. The second-order valence-corrected chi connectivity index (χ2v) is 4.59. The summed E-state index contributed by atoms with van der Waals surface area (Å²) >= 11 is 5.93. The molecule has 0 aliphatic heterocycles. The molecule has 0 bridgehead atoms. The highest BCUT2D eigenvalue weighted by molar-refractivity contribution is 6.30. The fourth-order valence-corrected chi connectivity index (χ4v) is 1.94. The molecule has 0 aromatic heterocycles. The third-order valence-electron chi connectivity index (χ3n) is 2.66. The van der Waals surface area contributed by atoms with Crippen molar-refractivity contribution in [2.24, 2.45) is 0 Å². The average Bonchev–Trinajstić information content (AvgIpc) is 2.41. The van der Waals surface area contributed by atoms with Crippen molar-refractivity contribution in [3.05, 3.63) is 53.1 Å². The summed E-state index contributed by atoms with van der Waals surface area (Å²) in [6.07, 6.45) is 0. The van der Waals surface area contributed by atoms with E-state index >= 15 is 0 Å². The van der Waals surface area contributed by atoms with Gasteiger partial charge in [0.15, 0.2) is 0 Å². The molecule has 0 heterocycles. The molecule has 2 aromatic carbocycles. The van der Waals surface area contributed by atoms with Crippen LogP contribution < -0.4 is 11.1 Å². The van der Waals surface area contributed by atoms with E-state index in [1.165, 1.54) is 0 Å². The monoisotopic (exact) mass is 290 g/mol. The van der Waals surface area contributed by atoms with Crippen molar-refractivity contribution < 1.29 is 9.53 Å². The van der Waals surface area contributed by atoms with Gasteiger partial charge in [-0.3, -0.25) is 0 Å². The molecule has 0 unspecified atom stereocenters. The summed E-state index contributed by atoms with van der Waals surface area (Å²) in [5.74, 6) is -0.431. The largest absolute Gasteiger partial charge is 0.462 e. The Bertz CT molecular complexity index is 629. The third kappa shape index (κ3) is 3.42. The van der Waals surface area contributed by atoms with Crippen molar-refractivity contribution >= 4 is 34.6 Å². The Kier molecular flexibility index (Phi) is 4.48. The topological polar surface area (TPSA) is 64.3 Å². The fraction of sp³-hybridized carbons (Fsp3) is 0.133. The molecule has 5 heteroatoms. The maximum absolute atomic E-state index is 11.8. The molecule has 0 atom stereocenters. The lowest BCUT2D eigenvalue weighted by Gasteiger charge is -2.10. The standard InChI is InChI=1S/C15H15ClN2O2/c1-2-20-15(19)13-9-12(6-7-14(13)17)18-11-5-3-4-10(16)8-11/h3-9,18H,2,17H2,1H3. The lowest BCUT2D eigenvalue weighted by Crippen LogP contribution is -2.08. The zero-order valence-corrected chi connectivity index (χ0v) is 11.8. The number of hydrogen-bond donors (Lipinski definition) is 2. The van der Waals surface area contributed by atoms with Gasteiger partial charge in [-0.2, -0.15) is 0 Å². The number of anilines is 3. The van der Waals surface area contributed by atoms with Crippen LogP contribution in [0, 0.1) is 0 Å². The van der Waals surface area contributed by atoms with E-state index in [-0.39, 0.29) is 0 Å². The molecule has 0 saturated carbocycles. The van der Waals surface area contributed by atoms with Gasteiger partial charge in [0, 0.05) is 22.1 Å². The minimum absolute atomic E-state index is 0.310. The predicted octanol–water partition coefficient (Wildman–Crippen LogP) is 3.84. The van der Waals surface area contributed by atoms with Crippen LogP contribution in [0.2, 0.25) is 5.02 Å². The van der Waals surface area contributed by atoms with Crippen LogP contribution in [0.25, 0.3) is 0 Å². The van der Waals surface area contributed by atoms with Crippen LogP contribution in [-0.2, 0) is 4.74 Å². The van der Waals surface area contributed by atoms with Gasteiger partial charge >= 0.3 is 5.97 Å². The van der Waals surface area contributed by atoms with E-state index in [1.807, 2.05) is 12.1 Å². The third-order valence-corrected chi connectivity index (χ3v) is 2.90. The smallest absolute Gasteiger partial charge is 0.340 e. The number of nitrogen functional groups attached to an aromatic ring is 1. The number of carbonyl (C=O) groups is 1. The van der Waals surface area contributed by atoms with Crippen molar-refractivity contribution in [1.29, 1.82) is 0 Å². The number of benzene rings is 2. The lowest BCUT2D eigenvalue weighted by atomic mass is 10.1. The first-order valence-electron chi connectivity index (χ1n) is 6.19. The molecular weight excluding hydrogens is 276 g/mol. The minimum Gasteiger partial charge on any atom is -0.462 e. The molecule has 20 heavy (non-hydrogen) atoms. The van der Waals surface area contributed by atoms with E-state index in [9.17, 15) is 4.79 Å². The summed E-state index contributed by atoms with van der Waals surface area (Å²) in [5, 5.41) is 3.80. The molecule has 2 rings (SSSR count). The highest BCUT2D eigenvalue weighted by Gasteiger charge is 2.11. The maximum atomic E-state index is 11.8. The van der Waals surface area contributed by atoms with E-state index in [2.05, 4.69) is 5.32 Å². The Hall–Kier alpha value is -2.20. The Morgan fingerprint density at radius 3 is 2.70 bits per heavy atom. The number of hydrogen-bond acceptors (Lipinski definition) is 4. The molecule has 0 fully saturated rings. The van der Waals surface area contributed by atoms with Crippen molar-refractivity contribution in [3.63, 3.8) is 0 Å². The minimum atomic E-state index is -0.431. The second kappa shape index (κ2) is 6.30. The van der Waals surface area contributed by atoms with E-state index in [0.717, 1.165) is 11.4 Å². The maximum Gasteiger partial charge on any atom is 0.340 e. The van der Waals surface area contributed by atoms with Gasteiger partial charge in [0.2, 0.25) is 0 Å². The summed E-state index contributed by atoms with van der Waals surface area (Å²) in [6, 6.07) is 12.4. The van der Waals surface area contributed by atoms with E-state index in [0.29, 0.717) is 22.9 Å². The molecular formula is C15H15ClN2O2.